The van der Waals surface area contributed by atoms with E-state index in [-0.39, 0.29) is 16.7 Å². The Bertz CT molecular complexity index is 1020. The van der Waals surface area contributed by atoms with Gasteiger partial charge in [-0.25, -0.2) is 8.42 Å². The van der Waals surface area contributed by atoms with Gasteiger partial charge in [-0.2, -0.15) is 0 Å². The van der Waals surface area contributed by atoms with E-state index in [4.69, 9.17) is 4.42 Å². The Morgan fingerprint density at radius 3 is 2.44 bits per heavy atom. The van der Waals surface area contributed by atoms with Gasteiger partial charge in [0.25, 0.3) is 5.91 Å². The summed E-state index contributed by atoms with van der Waals surface area (Å²) in [5.74, 6) is 0.422. The van der Waals surface area contributed by atoms with Crippen LogP contribution in [0.25, 0.3) is 0 Å². The summed E-state index contributed by atoms with van der Waals surface area (Å²) in [5, 5.41) is 10.2. The summed E-state index contributed by atoms with van der Waals surface area (Å²) in [6.07, 6.45) is 0. The van der Waals surface area contributed by atoms with E-state index in [2.05, 4.69) is 15.5 Å². The number of hydrogen-bond donors (Lipinski definition) is 1. The van der Waals surface area contributed by atoms with Crippen molar-refractivity contribution in [1.29, 1.82) is 0 Å². The molecule has 0 radical (unpaired) electrons. The molecule has 3 aromatic rings. The number of sulfone groups is 1. The minimum Gasteiger partial charge on any atom is -0.407 e. The number of anilines is 1. The number of amides is 1. The zero-order valence-corrected chi connectivity index (χ0v) is 16.1. The number of nitrogens with one attached hydrogen (secondary N) is 1. The van der Waals surface area contributed by atoms with Crippen molar-refractivity contribution in [3.8, 4) is 0 Å². The molecule has 1 heterocycles. The van der Waals surface area contributed by atoms with Crippen molar-refractivity contribution in [2.45, 2.75) is 22.5 Å². The van der Waals surface area contributed by atoms with E-state index in [0.717, 1.165) is 4.90 Å². The zero-order chi connectivity index (χ0) is 19.3. The number of rotatable bonds is 7. The molecule has 1 amide bonds. The van der Waals surface area contributed by atoms with Crippen LogP contribution in [0.4, 0.5) is 6.01 Å². The lowest BCUT2D eigenvalue weighted by molar-refractivity contribution is 0.102. The van der Waals surface area contributed by atoms with Crippen LogP contribution in [-0.2, 0) is 15.6 Å². The Morgan fingerprint density at radius 2 is 1.78 bits per heavy atom. The van der Waals surface area contributed by atoms with Gasteiger partial charge in [-0.05, 0) is 36.4 Å². The average Bonchev–Trinajstić information content (AvgIpc) is 3.14. The molecule has 0 atom stereocenters. The quantitative estimate of drug-likeness (QED) is 0.603. The number of aromatic nitrogens is 2. The van der Waals surface area contributed by atoms with Gasteiger partial charge in [-0.3, -0.25) is 10.1 Å². The molecule has 0 fully saturated rings. The summed E-state index contributed by atoms with van der Waals surface area (Å²) in [4.78, 5) is 13.5. The van der Waals surface area contributed by atoms with E-state index >= 15 is 0 Å². The van der Waals surface area contributed by atoms with Crippen LogP contribution >= 0.6 is 11.8 Å². The van der Waals surface area contributed by atoms with Crippen LogP contribution in [0.3, 0.4) is 0 Å². The third kappa shape index (κ3) is 4.95. The van der Waals surface area contributed by atoms with Crippen LogP contribution in [-0.4, -0.2) is 30.3 Å². The van der Waals surface area contributed by atoms with Crippen LogP contribution in [0.1, 0.15) is 23.2 Å². The van der Waals surface area contributed by atoms with Crippen LogP contribution in [0.15, 0.2) is 68.8 Å². The lowest BCUT2D eigenvalue weighted by atomic mass is 10.2. The molecule has 0 bridgehead atoms. The summed E-state index contributed by atoms with van der Waals surface area (Å²) < 4.78 is 29.0. The molecule has 9 heteroatoms. The highest BCUT2D eigenvalue weighted by atomic mass is 32.2. The van der Waals surface area contributed by atoms with Gasteiger partial charge in [0.1, 0.15) is 0 Å². The standard InChI is InChI=1S/C18H17N3O4S2/c1-2-27(23,24)15-10-8-13(9-11-15)17(22)19-18-21-20-16(25-18)12-26-14-6-4-3-5-7-14/h3-11H,2,12H2,1H3,(H,19,21,22). The van der Waals surface area contributed by atoms with Crippen LogP contribution in [0.2, 0.25) is 0 Å². The second kappa shape index (κ2) is 8.36. The molecule has 7 nitrogen and oxygen atoms in total. The maximum Gasteiger partial charge on any atom is 0.322 e. The number of carbonyl (C=O) groups excluding carboxylic acids is 1. The molecular weight excluding hydrogens is 386 g/mol. The minimum absolute atomic E-state index is 0.00426. The largest absolute Gasteiger partial charge is 0.407 e. The van der Waals surface area contributed by atoms with E-state index in [9.17, 15) is 13.2 Å². The number of nitrogens with zero attached hydrogens (tertiary/aromatic N) is 2. The second-order valence-corrected chi connectivity index (χ2v) is 8.81. The van der Waals surface area contributed by atoms with Crippen molar-refractivity contribution in [2.24, 2.45) is 0 Å². The molecule has 27 heavy (non-hydrogen) atoms. The predicted molar refractivity (Wildman–Crippen MR) is 102 cm³/mol. The van der Waals surface area contributed by atoms with Gasteiger partial charge in [0, 0.05) is 10.5 Å². The number of benzene rings is 2. The molecule has 140 valence electrons. The molecule has 0 aliphatic rings. The van der Waals surface area contributed by atoms with Gasteiger partial charge >= 0.3 is 6.01 Å². The third-order valence-corrected chi connectivity index (χ3v) is 6.40. The second-order valence-electron chi connectivity index (χ2n) is 5.48. The van der Waals surface area contributed by atoms with E-state index < -0.39 is 15.7 Å². The monoisotopic (exact) mass is 403 g/mol. The normalized spacial score (nSPS) is 11.3. The molecule has 3 rings (SSSR count). The Kier molecular flexibility index (Phi) is 5.92. The highest BCUT2D eigenvalue weighted by Gasteiger charge is 2.15. The molecule has 0 saturated heterocycles. The van der Waals surface area contributed by atoms with E-state index in [0.29, 0.717) is 17.2 Å². The predicted octanol–water partition coefficient (Wildman–Crippen LogP) is 3.41. The first-order valence-electron chi connectivity index (χ1n) is 8.12. The van der Waals surface area contributed by atoms with E-state index in [1.165, 1.54) is 24.3 Å². The summed E-state index contributed by atoms with van der Waals surface area (Å²) in [6.45, 7) is 1.57. The number of thioether (sulfide) groups is 1. The SMILES string of the molecule is CCS(=O)(=O)c1ccc(C(=O)Nc2nnc(CSc3ccccc3)o2)cc1. The fraction of sp³-hybridized carbons (Fsp3) is 0.167. The van der Waals surface area contributed by atoms with Crippen LogP contribution in [0.5, 0.6) is 0 Å². The molecule has 1 N–H and O–H groups in total. The van der Waals surface area contributed by atoms with Crippen molar-refractivity contribution in [2.75, 3.05) is 11.1 Å². The Labute approximate surface area is 161 Å². The Morgan fingerprint density at radius 1 is 1.07 bits per heavy atom. The van der Waals surface area contributed by atoms with Crippen molar-refractivity contribution in [1.82, 2.24) is 10.2 Å². The highest BCUT2D eigenvalue weighted by molar-refractivity contribution is 7.98. The first kappa shape index (κ1) is 19.1. The first-order valence-corrected chi connectivity index (χ1v) is 10.8. The molecular formula is C18H17N3O4S2. The molecule has 2 aromatic carbocycles. The average molecular weight is 403 g/mol. The van der Waals surface area contributed by atoms with Gasteiger partial charge in [0.05, 0.1) is 16.4 Å². The Balaban J connectivity index is 1.60. The molecule has 0 aliphatic heterocycles. The summed E-state index contributed by atoms with van der Waals surface area (Å²) in [7, 11) is -3.30. The topological polar surface area (TPSA) is 102 Å². The summed E-state index contributed by atoms with van der Waals surface area (Å²) in [6, 6.07) is 15.5. The minimum atomic E-state index is -3.30. The number of hydrogen-bond acceptors (Lipinski definition) is 7. The lowest BCUT2D eigenvalue weighted by Crippen LogP contribution is -2.12. The molecule has 0 saturated carbocycles. The summed E-state index contributed by atoms with van der Waals surface area (Å²) >= 11 is 1.54. The zero-order valence-electron chi connectivity index (χ0n) is 14.5. The third-order valence-electron chi connectivity index (χ3n) is 3.65. The molecule has 0 unspecified atom stereocenters. The van der Waals surface area contributed by atoms with Crippen molar-refractivity contribution in [3.05, 3.63) is 66.1 Å². The highest BCUT2D eigenvalue weighted by Crippen LogP contribution is 2.22. The van der Waals surface area contributed by atoms with Gasteiger partial charge < -0.3 is 4.42 Å². The van der Waals surface area contributed by atoms with Crippen molar-refractivity contribution in [3.63, 3.8) is 0 Å². The molecule has 1 aromatic heterocycles. The maximum atomic E-state index is 12.2. The molecule has 0 aliphatic carbocycles. The van der Waals surface area contributed by atoms with Gasteiger partial charge in [0.15, 0.2) is 9.84 Å². The fourth-order valence-electron chi connectivity index (χ4n) is 2.17. The number of carbonyl (C=O) groups is 1. The van der Waals surface area contributed by atoms with Crippen molar-refractivity contribution >= 4 is 33.5 Å². The lowest BCUT2D eigenvalue weighted by Gasteiger charge is -2.03. The fourth-order valence-corrected chi connectivity index (χ4v) is 3.81. The first-order chi connectivity index (χ1) is 13.0. The smallest absolute Gasteiger partial charge is 0.322 e. The maximum absolute atomic E-state index is 12.2. The van der Waals surface area contributed by atoms with E-state index in [1.54, 1.807) is 18.7 Å². The van der Waals surface area contributed by atoms with E-state index in [1.807, 2.05) is 30.3 Å². The van der Waals surface area contributed by atoms with Crippen LogP contribution < -0.4 is 5.32 Å². The summed E-state index contributed by atoms with van der Waals surface area (Å²) in [5.41, 5.74) is 0.295. The van der Waals surface area contributed by atoms with Crippen LogP contribution in [0, 0.1) is 0 Å². The van der Waals surface area contributed by atoms with Crippen molar-refractivity contribution < 1.29 is 17.6 Å². The van der Waals surface area contributed by atoms with Gasteiger partial charge in [0.2, 0.25) is 5.89 Å². The molecule has 0 spiro atoms. The Hall–Kier alpha value is -2.65. The van der Waals surface area contributed by atoms with Gasteiger partial charge in [-0.1, -0.05) is 30.2 Å². The van der Waals surface area contributed by atoms with Gasteiger partial charge in [-0.15, -0.1) is 16.9 Å².